The summed E-state index contributed by atoms with van der Waals surface area (Å²) in [6.07, 6.45) is 0. The fraction of sp³-hybridized carbons (Fsp3) is 0.200. The van der Waals surface area contributed by atoms with Crippen LogP contribution in [-0.2, 0) is 6.54 Å². The first-order valence-electron chi connectivity index (χ1n) is 6.12. The fourth-order valence-corrected chi connectivity index (χ4v) is 2.03. The Kier molecular flexibility index (Phi) is 4.93. The Morgan fingerprint density at radius 2 is 2.00 bits per heavy atom. The van der Waals surface area contributed by atoms with Crippen molar-refractivity contribution < 1.29 is 9.13 Å². The molecule has 0 aliphatic carbocycles. The minimum atomic E-state index is -0.298. The van der Waals surface area contributed by atoms with Crippen molar-refractivity contribution in [3.05, 3.63) is 58.3 Å². The number of para-hydroxylation sites is 1. The summed E-state index contributed by atoms with van der Waals surface area (Å²) in [6.45, 7) is 3.70. The van der Waals surface area contributed by atoms with E-state index in [2.05, 4.69) is 28.2 Å². The standard InChI is InChI=1S/C15H15BrFNO/c1-2-18-10-11-5-3-4-6-15(11)19-12-7-8-14(17)13(16)9-12/h3-9,18H,2,10H2,1H3. The summed E-state index contributed by atoms with van der Waals surface area (Å²) in [6, 6.07) is 12.4. The molecule has 2 aromatic rings. The molecule has 0 bridgehead atoms. The van der Waals surface area contributed by atoms with Crippen LogP contribution < -0.4 is 10.1 Å². The van der Waals surface area contributed by atoms with E-state index in [4.69, 9.17) is 4.74 Å². The van der Waals surface area contributed by atoms with Gasteiger partial charge in [-0.3, -0.25) is 0 Å². The normalized spacial score (nSPS) is 10.5. The molecule has 0 aliphatic heterocycles. The average Bonchev–Trinajstić information content (AvgIpc) is 2.42. The summed E-state index contributed by atoms with van der Waals surface area (Å²) in [4.78, 5) is 0. The van der Waals surface area contributed by atoms with Gasteiger partial charge in [0.05, 0.1) is 4.47 Å². The van der Waals surface area contributed by atoms with Crippen molar-refractivity contribution in [2.45, 2.75) is 13.5 Å². The van der Waals surface area contributed by atoms with E-state index < -0.39 is 0 Å². The molecule has 0 unspecified atom stereocenters. The topological polar surface area (TPSA) is 21.3 Å². The molecule has 0 radical (unpaired) electrons. The minimum Gasteiger partial charge on any atom is -0.457 e. The van der Waals surface area contributed by atoms with Gasteiger partial charge in [-0.25, -0.2) is 4.39 Å². The van der Waals surface area contributed by atoms with Crippen LogP contribution in [-0.4, -0.2) is 6.54 Å². The molecule has 0 aliphatic rings. The number of halogens is 2. The van der Waals surface area contributed by atoms with Gasteiger partial charge in [0.15, 0.2) is 0 Å². The van der Waals surface area contributed by atoms with Gasteiger partial charge in [0, 0.05) is 12.1 Å². The fourth-order valence-electron chi connectivity index (χ4n) is 1.68. The highest BCUT2D eigenvalue weighted by atomic mass is 79.9. The summed E-state index contributed by atoms with van der Waals surface area (Å²) < 4.78 is 19.4. The third-order valence-corrected chi connectivity index (χ3v) is 3.26. The molecule has 2 aromatic carbocycles. The number of ether oxygens (including phenoxy) is 1. The van der Waals surface area contributed by atoms with Gasteiger partial charge in [-0.15, -0.1) is 0 Å². The van der Waals surface area contributed by atoms with Gasteiger partial charge >= 0.3 is 0 Å². The Balaban J connectivity index is 2.20. The van der Waals surface area contributed by atoms with E-state index in [1.54, 1.807) is 12.1 Å². The third-order valence-electron chi connectivity index (χ3n) is 2.66. The van der Waals surface area contributed by atoms with Gasteiger partial charge in [0.1, 0.15) is 17.3 Å². The largest absolute Gasteiger partial charge is 0.457 e. The van der Waals surface area contributed by atoms with Crippen LogP contribution in [0.15, 0.2) is 46.9 Å². The van der Waals surface area contributed by atoms with Crippen molar-refractivity contribution in [2.75, 3.05) is 6.54 Å². The lowest BCUT2D eigenvalue weighted by molar-refractivity contribution is 0.471. The van der Waals surface area contributed by atoms with Gasteiger partial charge in [0.2, 0.25) is 0 Å². The highest BCUT2D eigenvalue weighted by molar-refractivity contribution is 9.10. The molecule has 4 heteroatoms. The van der Waals surface area contributed by atoms with Crippen LogP contribution in [0.3, 0.4) is 0 Å². The van der Waals surface area contributed by atoms with Crippen LogP contribution in [0.25, 0.3) is 0 Å². The minimum absolute atomic E-state index is 0.298. The lowest BCUT2D eigenvalue weighted by Crippen LogP contribution is -2.12. The SMILES string of the molecule is CCNCc1ccccc1Oc1ccc(F)c(Br)c1. The van der Waals surface area contributed by atoms with Crippen molar-refractivity contribution in [3.8, 4) is 11.5 Å². The molecule has 2 rings (SSSR count). The molecule has 0 saturated carbocycles. The molecule has 0 saturated heterocycles. The second-order valence-corrected chi connectivity index (χ2v) is 4.92. The van der Waals surface area contributed by atoms with Gasteiger partial charge in [-0.1, -0.05) is 25.1 Å². The maximum Gasteiger partial charge on any atom is 0.137 e. The molecular formula is C15H15BrFNO. The molecule has 1 N–H and O–H groups in total. The van der Waals surface area contributed by atoms with E-state index in [9.17, 15) is 4.39 Å². The highest BCUT2D eigenvalue weighted by Crippen LogP contribution is 2.28. The van der Waals surface area contributed by atoms with Crippen LogP contribution in [0.1, 0.15) is 12.5 Å². The number of hydrogen-bond acceptors (Lipinski definition) is 2. The maximum atomic E-state index is 13.2. The second-order valence-electron chi connectivity index (χ2n) is 4.07. The smallest absolute Gasteiger partial charge is 0.137 e. The summed E-state index contributed by atoms with van der Waals surface area (Å²) in [5, 5.41) is 3.26. The van der Waals surface area contributed by atoms with Gasteiger partial charge in [-0.05, 0) is 46.7 Å². The second kappa shape index (κ2) is 6.68. The highest BCUT2D eigenvalue weighted by Gasteiger charge is 2.06. The van der Waals surface area contributed by atoms with Crippen LogP contribution in [0.5, 0.6) is 11.5 Å². The zero-order chi connectivity index (χ0) is 13.7. The van der Waals surface area contributed by atoms with Crippen LogP contribution in [0, 0.1) is 5.82 Å². The predicted molar refractivity (Wildman–Crippen MR) is 78.0 cm³/mol. The lowest BCUT2D eigenvalue weighted by atomic mass is 10.2. The van der Waals surface area contributed by atoms with Crippen LogP contribution in [0.4, 0.5) is 4.39 Å². The first-order chi connectivity index (χ1) is 9.20. The summed E-state index contributed by atoms with van der Waals surface area (Å²) >= 11 is 3.15. The van der Waals surface area contributed by atoms with E-state index >= 15 is 0 Å². The summed E-state index contributed by atoms with van der Waals surface area (Å²) in [5.74, 6) is 1.09. The molecule has 100 valence electrons. The van der Waals surface area contributed by atoms with Crippen molar-refractivity contribution in [3.63, 3.8) is 0 Å². The van der Waals surface area contributed by atoms with Crippen molar-refractivity contribution in [1.29, 1.82) is 0 Å². The molecule has 0 amide bonds. The Bertz CT molecular complexity index is 560. The third kappa shape index (κ3) is 3.78. The summed E-state index contributed by atoms with van der Waals surface area (Å²) in [5.41, 5.74) is 1.07. The summed E-state index contributed by atoms with van der Waals surface area (Å²) in [7, 11) is 0. The molecule has 0 spiro atoms. The monoisotopic (exact) mass is 323 g/mol. The molecule has 0 atom stereocenters. The van der Waals surface area contributed by atoms with E-state index in [-0.39, 0.29) is 5.82 Å². The Morgan fingerprint density at radius 3 is 2.74 bits per heavy atom. The maximum absolute atomic E-state index is 13.2. The van der Waals surface area contributed by atoms with Crippen molar-refractivity contribution >= 4 is 15.9 Å². The van der Waals surface area contributed by atoms with Crippen molar-refractivity contribution in [2.24, 2.45) is 0 Å². The van der Waals surface area contributed by atoms with E-state index in [0.717, 1.165) is 24.4 Å². The zero-order valence-corrected chi connectivity index (χ0v) is 12.2. The Morgan fingerprint density at radius 1 is 1.21 bits per heavy atom. The Labute approximate surface area is 120 Å². The van der Waals surface area contributed by atoms with E-state index in [0.29, 0.717) is 10.2 Å². The molecule has 0 heterocycles. The first kappa shape index (κ1) is 14.0. The van der Waals surface area contributed by atoms with Crippen LogP contribution in [0.2, 0.25) is 0 Å². The molecule has 0 aromatic heterocycles. The predicted octanol–water partition coefficient (Wildman–Crippen LogP) is 4.49. The Hall–Kier alpha value is -1.39. The number of hydrogen-bond donors (Lipinski definition) is 1. The zero-order valence-electron chi connectivity index (χ0n) is 10.6. The molecule has 2 nitrogen and oxygen atoms in total. The number of benzene rings is 2. The van der Waals surface area contributed by atoms with E-state index in [1.807, 2.05) is 24.3 Å². The number of nitrogens with one attached hydrogen (secondary N) is 1. The van der Waals surface area contributed by atoms with Crippen molar-refractivity contribution in [1.82, 2.24) is 5.32 Å². The first-order valence-corrected chi connectivity index (χ1v) is 6.91. The quantitative estimate of drug-likeness (QED) is 0.875. The molecule has 19 heavy (non-hydrogen) atoms. The molecular weight excluding hydrogens is 309 g/mol. The molecule has 0 fully saturated rings. The van der Waals surface area contributed by atoms with E-state index in [1.165, 1.54) is 6.07 Å². The number of rotatable bonds is 5. The van der Waals surface area contributed by atoms with Gasteiger partial charge in [0.25, 0.3) is 0 Å². The van der Waals surface area contributed by atoms with Crippen LogP contribution >= 0.6 is 15.9 Å². The lowest BCUT2D eigenvalue weighted by Gasteiger charge is -2.11. The van der Waals surface area contributed by atoms with Gasteiger partial charge < -0.3 is 10.1 Å². The average molecular weight is 324 g/mol. The van der Waals surface area contributed by atoms with Gasteiger partial charge in [-0.2, -0.15) is 0 Å².